The van der Waals surface area contributed by atoms with Crippen LogP contribution in [0.2, 0.25) is 0 Å². The smallest absolute Gasteiger partial charge is 0.223 e. The van der Waals surface area contributed by atoms with Crippen molar-refractivity contribution in [1.29, 1.82) is 0 Å². The Balaban J connectivity index is 0.00000312. The van der Waals surface area contributed by atoms with Gasteiger partial charge in [-0.3, -0.25) is 0 Å². The zero-order valence-corrected chi connectivity index (χ0v) is 17.7. The van der Waals surface area contributed by atoms with Gasteiger partial charge in [-0.1, -0.05) is 11.2 Å². The van der Waals surface area contributed by atoms with Gasteiger partial charge >= 0.3 is 0 Å². The number of nitrogens with zero attached hydrogens (tertiary/aromatic N) is 3. The van der Waals surface area contributed by atoms with Crippen LogP contribution in [0.3, 0.4) is 0 Å². The second kappa shape index (κ2) is 11.3. The van der Waals surface area contributed by atoms with Crippen LogP contribution in [0.5, 0.6) is 0 Å². The molecule has 0 radical (unpaired) electrons. The third-order valence-electron chi connectivity index (χ3n) is 3.20. The van der Waals surface area contributed by atoms with Crippen LogP contribution < -0.4 is 10.6 Å². The van der Waals surface area contributed by atoms with Crippen LogP contribution in [0.1, 0.15) is 29.8 Å². The molecule has 0 aliphatic rings. The van der Waals surface area contributed by atoms with Gasteiger partial charge in [0, 0.05) is 19.2 Å². The summed E-state index contributed by atoms with van der Waals surface area (Å²) in [6.45, 7) is 5.36. The standard InChI is InChI=1S/C16H22FN5OS.HI/c1-4-18-16(20-9-15-21-11(2)23-22-15)19-8-12-5-6-14(17)7-13(12)10-24-3;/h5-7H,4,8-10H2,1-3H3,(H2,18,19,20);1H. The number of hydrogen-bond acceptors (Lipinski definition) is 5. The molecule has 2 aromatic rings. The lowest BCUT2D eigenvalue weighted by Crippen LogP contribution is -2.37. The lowest BCUT2D eigenvalue weighted by Gasteiger charge is -2.11. The molecule has 0 bridgehead atoms. The maximum Gasteiger partial charge on any atom is 0.223 e. The van der Waals surface area contributed by atoms with Crippen molar-refractivity contribution in [2.75, 3.05) is 12.8 Å². The number of aromatic nitrogens is 2. The van der Waals surface area contributed by atoms with E-state index >= 15 is 0 Å². The highest BCUT2D eigenvalue weighted by atomic mass is 127. The van der Waals surface area contributed by atoms with E-state index in [0.29, 0.717) is 30.8 Å². The molecule has 9 heteroatoms. The van der Waals surface area contributed by atoms with Crippen LogP contribution in [0.25, 0.3) is 0 Å². The number of nitrogens with one attached hydrogen (secondary N) is 2. The average molecular weight is 479 g/mol. The fraction of sp³-hybridized carbons (Fsp3) is 0.438. The predicted octanol–water partition coefficient (Wildman–Crippen LogP) is 3.25. The van der Waals surface area contributed by atoms with Crippen molar-refractivity contribution in [3.63, 3.8) is 0 Å². The molecule has 0 amide bonds. The summed E-state index contributed by atoms with van der Waals surface area (Å²) in [6, 6.07) is 4.83. The normalized spacial score (nSPS) is 11.1. The van der Waals surface area contributed by atoms with Crippen LogP contribution in [0.15, 0.2) is 27.7 Å². The first-order valence-corrected chi connectivity index (χ1v) is 9.09. The van der Waals surface area contributed by atoms with E-state index in [1.54, 1.807) is 30.8 Å². The molecule has 0 aliphatic carbocycles. The molecule has 1 aromatic carbocycles. The maximum atomic E-state index is 13.4. The van der Waals surface area contributed by atoms with Crippen molar-refractivity contribution < 1.29 is 8.91 Å². The van der Waals surface area contributed by atoms with Crippen LogP contribution in [-0.2, 0) is 18.8 Å². The molecule has 0 spiro atoms. The van der Waals surface area contributed by atoms with Gasteiger partial charge in [-0.25, -0.2) is 9.38 Å². The van der Waals surface area contributed by atoms with E-state index < -0.39 is 0 Å². The monoisotopic (exact) mass is 479 g/mol. The number of thioether (sulfide) groups is 1. The van der Waals surface area contributed by atoms with Gasteiger partial charge < -0.3 is 15.2 Å². The van der Waals surface area contributed by atoms with E-state index in [1.165, 1.54) is 6.07 Å². The van der Waals surface area contributed by atoms with E-state index in [4.69, 9.17) is 4.52 Å². The topological polar surface area (TPSA) is 75.3 Å². The summed E-state index contributed by atoms with van der Waals surface area (Å²) in [5.74, 6) is 2.29. The number of halogens is 2. The molecular formula is C16H23FIN5OS. The van der Waals surface area contributed by atoms with Gasteiger partial charge in [0.25, 0.3) is 0 Å². The molecule has 0 saturated carbocycles. The van der Waals surface area contributed by atoms with Gasteiger partial charge in [-0.2, -0.15) is 16.7 Å². The largest absolute Gasteiger partial charge is 0.357 e. The predicted molar refractivity (Wildman–Crippen MR) is 110 cm³/mol. The van der Waals surface area contributed by atoms with Crippen molar-refractivity contribution in [3.8, 4) is 0 Å². The summed E-state index contributed by atoms with van der Waals surface area (Å²) < 4.78 is 18.3. The quantitative estimate of drug-likeness (QED) is 0.361. The Kier molecular flexibility index (Phi) is 9.79. The first-order chi connectivity index (χ1) is 11.6. The summed E-state index contributed by atoms with van der Waals surface area (Å²) in [6.07, 6.45) is 2.00. The van der Waals surface area contributed by atoms with Crippen LogP contribution in [0.4, 0.5) is 4.39 Å². The van der Waals surface area contributed by atoms with Gasteiger partial charge in [0.1, 0.15) is 5.82 Å². The van der Waals surface area contributed by atoms with Gasteiger partial charge in [0.15, 0.2) is 11.8 Å². The molecule has 6 nitrogen and oxygen atoms in total. The third kappa shape index (κ3) is 7.18. The SMILES string of the molecule is CCNC(=NCc1ccc(F)cc1CSC)NCc1noc(C)n1.I. The number of aliphatic imine (C=N–C) groups is 1. The minimum atomic E-state index is -0.218. The number of guanidine groups is 1. The number of benzene rings is 1. The molecule has 138 valence electrons. The molecule has 1 heterocycles. The summed E-state index contributed by atoms with van der Waals surface area (Å²) in [4.78, 5) is 8.70. The second-order valence-corrected chi connectivity index (χ2v) is 5.99. The first-order valence-electron chi connectivity index (χ1n) is 7.70. The third-order valence-corrected chi connectivity index (χ3v) is 3.80. The van der Waals surface area contributed by atoms with Crippen molar-refractivity contribution in [1.82, 2.24) is 20.8 Å². The molecule has 0 atom stereocenters. The van der Waals surface area contributed by atoms with Crippen LogP contribution in [-0.4, -0.2) is 28.9 Å². The summed E-state index contributed by atoms with van der Waals surface area (Å²) >= 11 is 1.66. The van der Waals surface area contributed by atoms with E-state index in [0.717, 1.165) is 23.4 Å². The molecule has 0 saturated heterocycles. The highest BCUT2D eigenvalue weighted by molar-refractivity contribution is 14.0. The molecule has 2 rings (SSSR count). The average Bonchev–Trinajstić information content (AvgIpc) is 2.97. The van der Waals surface area contributed by atoms with E-state index in [-0.39, 0.29) is 29.8 Å². The summed E-state index contributed by atoms with van der Waals surface area (Å²) in [5, 5.41) is 10.2. The number of hydrogen-bond donors (Lipinski definition) is 2. The van der Waals surface area contributed by atoms with Gasteiger partial charge in [-0.15, -0.1) is 24.0 Å². The molecule has 1 aromatic heterocycles. The highest BCUT2D eigenvalue weighted by Crippen LogP contribution is 2.17. The molecule has 25 heavy (non-hydrogen) atoms. The van der Waals surface area contributed by atoms with Gasteiger partial charge in [0.05, 0.1) is 13.1 Å². The highest BCUT2D eigenvalue weighted by Gasteiger charge is 2.06. The van der Waals surface area contributed by atoms with E-state index in [9.17, 15) is 4.39 Å². The minimum Gasteiger partial charge on any atom is -0.357 e. The number of rotatable bonds is 7. The Morgan fingerprint density at radius 2 is 2.12 bits per heavy atom. The molecule has 0 aliphatic heterocycles. The van der Waals surface area contributed by atoms with Crippen molar-refractivity contribution in [2.24, 2.45) is 4.99 Å². The Bertz CT molecular complexity index is 695. The molecular weight excluding hydrogens is 456 g/mol. The fourth-order valence-corrected chi connectivity index (χ4v) is 2.70. The van der Waals surface area contributed by atoms with Crippen molar-refractivity contribution in [2.45, 2.75) is 32.7 Å². The number of aryl methyl sites for hydroxylation is 1. The zero-order chi connectivity index (χ0) is 17.4. The summed E-state index contributed by atoms with van der Waals surface area (Å²) in [7, 11) is 0. The maximum absolute atomic E-state index is 13.4. The van der Waals surface area contributed by atoms with Crippen LogP contribution in [0, 0.1) is 12.7 Å². The second-order valence-electron chi connectivity index (χ2n) is 5.12. The molecule has 0 fully saturated rings. The molecule has 0 unspecified atom stereocenters. The minimum absolute atomic E-state index is 0. The zero-order valence-electron chi connectivity index (χ0n) is 14.5. The summed E-state index contributed by atoms with van der Waals surface area (Å²) in [5.41, 5.74) is 1.98. The van der Waals surface area contributed by atoms with Crippen molar-refractivity contribution in [3.05, 3.63) is 46.9 Å². The Morgan fingerprint density at radius 1 is 1.32 bits per heavy atom. The first kappa shape index (κ1) is 21.7. The van der Waals surface area contributed by atoms with E-state index in [1.807, 2.05) is 13.2 Å². The Labute approximate surface area is 168 Å². The van der Waals surface area contributed by atoms with Crippen LogP contribution >= 0.6 is 35.7 Å². The fourth-order valence-electron chi connectivity index (χ4n) is 2.12. The Morgan fingerprint density at radius 3 is 2.76 bits per heavy atom. The Hall–Kier alpha value is -1.36. The van der Waals surface area contributed by atoms with Crippen molar-refractivity contribution >= 4 is 41.7 Å². The van der Waals surface area contributed by atoms with E-state index in [2.05, 4.69) is 25.8 Å². The lowest BCUT2D eigenvalue weighted by atomic mass is 10.1. The molecule has 2 N–H and O–H groups in total. The van der Waals surface area contributed by atoms with Gasteiger partial charge in [-0.05, 0) is 36.4 Å². The van der Waals surface area contributed by atoms with Gasteiger partial charge in [0.2, 0.25) is 5.89 Å². The lowest BCUT2D eigenvalue weighted by molar-refractivity contribution is 0.387.